The second-order valence-electron chi connectivity index (χ2n) is 10.8. The van der Waals surface area contributed by atoms with Crippen LogP contribution in [0.2, 0.25) is 0 Å². The second-order valence-corrected chi connectivity index (χ2v) is 10.8. The number of hydrogen-bond acceptors (Lipinski definition) is 10. The smallest absolute Gasteiger partial charge is 0.242 e. The van der Waals surface area contributed by atoms with Gasteiger partial charge < -0.3 is 31.7 Å². The number of nitrogens with two attached hydrogens (primary N) is 2. The fraction of sp³-hybridized carbons (Fsp3) is 0.750. The third-order valence-electron chi connectivity index (χ3n) is 7.50. The molecule has 40 heavy (non-hydrogen) atoms. The van der Waals surface area contributed by atoms with Crippen LogP contribution in [-0.4, -0.2) is 72.3 Å². The number of nitrogens with zero attached hydrogens (tertiary/aromatic N) is 4. The molecule has 0 aromatic carbocycles. The van der Waals surface area contributed by atoms with E-state index in [1.165, 1.54) is 51.2 Å². The van der Waals surface area contributed by atoms with Crippen LogP contribution in [0.3, 0.4) is 0 Å². The highest BCUT2D eigenvalue weighted by molar-refractivity contribution is 5.99. The first-order valence-corrected chi connectivity index (χ1v) is 14.9. The lowest BCUT2D eigenvalue weighted by Crippen LogP contribution is -2.38. The van der Waals surface area contributed by atoms with Crippen molar-refractivity contribution >= 4 is 28.7 Å². The highest BCUT2D eigenvalue weighted by atomic mass is 16.5. The predicted molar refractivity (Wildman–Crippen MR) is 152 cm³/mol. The number of Topliss-reactive ketones (excluding diaryl/α,β-unsaturated/α-hetero) is 1. The Labute approximate surface area is 236 Å². The Balaban J connectivity index is 1.51. The minimum absolute atomic E-state index is 0.129. The number of amides is 1. The molecule has 1 unspecified atom stereocenters. The van der Waals surface area contributed by atoms with E-state index in [9.17, 15) is 19.8 Å². The van der Waals surface area contributed by atoms with Gasteiger partial charge >= 0.3 is 0 Å². The lowest BCUT2D eigenvalue weighted by atomic mass is 9.99. The zero-order valence-electron chi connectivity index (χ0n) is 23.7. The molecular weight excluding hydrogens is 514 g/mol. The van der Waals surface area contributed by atoms with Crippen LogP contribution in [-0.2, 0) is 14.3 Å². The van der Waals surface area contributed by atoms with Crippen molar-refractivity contribution in [2.24, 2.45) is 11.5 Å². The largest absolute Gasteiger partial charge is 0.390 e. The van der Waals surface area contributed by atoms with E-state index in [0.717, 1.165) is 32.1 Å². The first-order chi connectivity index (χ1) is 19.4. The normalized spacial score (nSPS) is 20.6. The van der Waals surface area contributed by atoms with Crippen LogP contribution in [0, 0.1) is 0 Å². The number of imidazole rings is 1. The van der Waals surface area contributed by atoms with Crippen molar-refractivity contribution < 1.29 is 24.5 Å². The number of ether oxygens (including phenoxy) is 1. The molecule has 12 heteroatoms. The van der Waals surface area contributed by atoms with E-state index in [4.69, 9.17) is 16.2 Å². The van der Waals surface area contributed by atoms with Crippen LogP contribution in [0.15, 0.2) is 12.7 Å². The van der Waals surface area contributed by atoms with Gasteiger partial charge in [0, 0.05) is 6.42 Å². The van der Waals surface area contributed by atoms with Crippen molar-refractivity contribution in [3.8, 4) is 0 Å². The second kappa shape index (κ2) is 16.7. The third-order valence-corrected chi connectivity index (χ3v) is 7.50. The molecule has 2 aromatic heterocycles. The monoisotopic (exact) mass is 561 g/mol. The van der Waals surface area contributed by atoms with Crippen molar-refractivity contribution in [3.63, 3.8) is 0 Å². The summed E-state index contributed by atoms with van der Waals surface area (Å²) < 4.78 is 7.49. The quantitative estimate of drug-likeness (QED) is 0.159. The minimum Gasteiger partial charge on any atom is -0.390 e. The number of carbonyl (C=O) groups excluding carboxylic acids is 2. The fourth-order valence-corrected chi connectivity index (χ4v) is 5.06. The molecule has 1 fully saturated rings. The zero-order valence-corrected chi connectivity index (χ0v) is 23.7. The van der Waals surface area contributed by atoms with Gasteiger partial charge in [-0.1, -0.05) is 71.1 Å². The van der Waals surface area contributed by atoms with E-state index in [2.05, 4.69) is 27.2 Å². The molecule has 5 atom stereocenters. The zero-order chi connectivity index (χ0) is 28.9. The number of aliphatic hydroxyl groups excluding tert-OH is 2. The minimum atomic E-state index is -1.18. The molecule has 0 saturated carbocycles. The van der Waals surface area contributed by atoms with Gasteiger partial charge in [0.1, 0.15) is 24.8 Å². The molecule has 1 saturated heterocycles. The number of fused-ring (bicyclic) bond motifs is 1. The molecule has 0 spiro atoms. The Bertz CT molecular complexity index is 1060. The highest BCUT2D eigenvalue weighted by Crippen LogP contribution is 2.33. The van der Waals surface area contributed by atoms with E-state index in [1.807, 2.05) is 0 Å². The number of nitrogens with one attached hydrogen (secondary N) is 1. The summed E-state index contributed by atoms with van der Waals surface area (Å²) in [5, 5.41) is 23.8. The number of aliphatic hydroxyl groups is 2. The van der Waals surface area contributed by atoms with Crippen molar-refractivity contribution in [1.29, 1.82) is 0 Å². The van der Waals surface area contributed by atoms with E-state index in [-0.39, 0.29) is 18.1 Å². The molecule has 1 aliphatic rings. The summed E-state index contributed by atoms with van der Waals surface area (Å²) in [5.74, 6) is -0.679. The average molecular weight is 562 g/mol. The molecule has 1 aliphatic heterocycles. The van der Waals surface area contributed by atoms with Crippen LogP contribution >= 0.6 is 0 Å². The topological polar surface area (TPSA) is 191 Å². The van der Waals surface area contributed by atoms with Gasteiger partial charge in [0.15, 0.2) is 22.8 Å². The van der Waals surface area contributed by atoms with Crippen molar-refractivity contribution in [1.82, 2.24) is 19.5 Å². The van der Waals surface area contributed by atoms with Gasteiger partial charge in [-0.05, 0) is 25.8 Å². The maximum Gasteiger partial charge on any atom is 0.242 e. The van der Waals surface area contributed by atoms with Crippen molar-refractivity contribution in [3.05, 3.63) is 12.7 Å². The highest BCUT2D eigenvalue weighted by Gasteiger charge is 2.42. The van der Waals surface area contributed by atoms with Gasteiger partial charge in [-0.25, -0.2) is 15.0 Å². The lowest BCUT2D eigenvalue weighted by Gasteiger charge is -2.18. The average Bonchev–Trinajstić information content (AvgIpc) is 3.55. The van der Waals surface area contributed by atoms with Gasteiger partial charge in [0.25, 0.3) is 0 Å². The fourth-order valence-electron chi connectivity index (χ4n) is 5.06. The van der Waals surface area contributed by atoms with Crippen molar-refractivity contribution in [2.75, 3.05) is 11.9 Å². The van der Waals surface area contributed by atoms with Gasteiger partial charge in [-0.2, -0.15) is 0 Å². The third kappa shape index (κ3) is 9.00. The molecule has 0 aliphatic carbocycles. The molecule has 3 heterocycles. The molecular formula is C28H47N7O5. The van der Waals surface area contributed by atoms with E-state index < -0.39 is 36.4 Å². The van der Waals surface area contributed by atoms with Crippen LogP contribution in [0.1, 0.15) is 103 Å². The Morgan fingerprint density at radius 1 is 1.05 bits per heavy atom. The summed E-state index contributed by atoms with van der Waals surface area (Å²) in [6, 6.07) is -0.708. The maximum atomic E-state index is 12.9. The number of rotatable bonds is 19. The number of hydrogen-bond donors (Lipinski definition) is 5. The summed E-state index contributed by atoms with van der Waals surface area (Å²) in [4.78, 5) is 38.2. The number of anilines is 1. The maximum absolute atomic E-state index is 12.9. The van der Waals surface area contributed by atoms with Gasteiger partial charge in [0.2, 0.25) is 5.91 Å². The summed E-state index contributed by atoms with van der Waals surface area (Å²) >= 11 is 0. The summed E-state index contributed by atoms with van der Waals surface area (Å²) in [7, 11) is 0. The number of aromatic nitrogens is 4. The number of unbranched alkanes of at least 4 members (excludes halogenated alkanes) is 9. The SMILES string of the molecule is CCCCCCCCCCCC(O)C(=O)[C@H]1O[C@@H](n2cnc3c(NC(=O)[C@@H](N)CCCCN)ncnc32)C[C@@H]1O. The molecule has 7 N–H and O–H groups in total. The molecule has 0 bridgehead atoms. The first kappa shape index (κ1) is 32.0. The molecule has 0 radical (unpaired) electrons. The summed E-state index contributed by atoms with van der Waals surface area (Å²) in [6.07, 6.45) is 11.5. The molecule has 12 nitrogen and oxygen atoms in total. The van der Waals surface area contributed by atoms with E-state index in [1.54, 1.807) is 4.57 Å². The Hall–Kier alpha value is -2.51. The predicted octanol–water partition coefficient (Wildman–Crippen LogP) is 2.72. The Kier molecular flexibility index (Phi) is 13.3. The van der Waals surface area contributed by atoms with Crippen LogP contribution in [0.5, 0.6) is 0 Å². The summed E-state index contributed by atoms with van der Waals surface area (Å²) in [6.45, 7) is 2.75. The van der Waals surface area contributed by atoms with E-state index in [0.29, 0.717) is 30.6 Å². The van der Waals surface area contributed by atoms with Crippen LogP contribution in [0.25, 0.3) is 11.2 Å². The Morgan fingerprint density at radius 3 is 2.42 bits per heavy atom. The number of ketones is 1. The lowest BCUT2D eigenvalue weighted by molar-refractivity contribution is -0.144. The first-order valence-electron chi connectivity index (χ1n) is 14.9. The van der Waals surface area contributed by atoms with E-state index >= 15 is 0 Å². The molecule has 3 rings (SSSR count). The van der Waals surface area contributed by atoms with Gasteiger partial charge in [0.05, 0.1) is 18.5 Å². The molecule has 1 amide bonds. The van der Waals surface area contributed by atoms with Gasteiger partial charge in [-0.3, -0.25) is 14.2 Å². The summed E-state index contributed by atoms with van der Waals surface area (Å²) in [5.41, 5.74) is 12.2. The Morgan fingerprint density at radius 2 is 1.73 bits per heavy atom. The van der Waals surface area contributed by atoms with Crippen LogP contribution < -0.4 is 16.8 Å². The standard InChI is InChI=1S/C28H47N7O5/c1-2-3-4-5-6-7-8-9-10-14-20(36)24(38)25-21(37)16-22(40-25)35-18-33-23-26(31-17-32-27(23)35)34-28(39)19(30)13-11-12-15-29/h17-22,25,36-37H,2-16,29-30H2,1H3,(H,31,32,34,39)/t19-,20?,21-,22+,25-/m0/s1. The number of carbonyl (C=O) groups is 2. The van der Waals surface area contributed by atoms with Crippen LogP contribution in [0.4, 0.5) is 5.82 Å². The molecule has 224 valence electrons. The van der Waals surface area contributed by atoms with Crippen molar-refractivity contribution in [2.45, 2.75) is 127 Å². The van der Waals surface area contributed by atoms with Gasteiger partial charge in [-0.15, -0.1) is 0 Å². The molecule has 2 aromatic rings.